The summed E-state index contributed by atoms with van der Waals surface area (Å²) in [5.74, 6) is -0.607. The largest absolute Gasteiger partial charge is 0.323 e. The lowest BCUT2D eigenvalue weighted by Crippen LogP contribution is -2.19. The summed E-state index contributed by atoms with van der Waals surface area (Å²) in [5, 5.41) is 19.0. The van der Waals surface area contributed by atoms with Crippen LogP contribution in [0.4, 0.5) is 27.5 Å². The van der Waals surface area contributed by atoms with Gasteiger partial charge in [-0.3, -0.25) is 14.9 Å². The van der Waals surface area contributed by atoms with Crippen LogP contribution in [0.2, 0.25) is 5.02 Å². The zero-order chi connectivity index (χ0) is 20.8. The third-order valence-corrected chi connectivity index (χ3v) is 4.14. The lowest BCUT2D eigenvalue weighted by Gasteiger charge is -2.10. The molecule has 3 amide bonds. The van der Waals surface area contributed by atoms with E-state index in [9.17, 15) is 19.7 Å². The highest BCUT2D eigenvalue weighted by molar-refractivity contribution is 6.34. The molecule has 0 aliphatic heterocycles. The summed E-state index contributed by atoms with van der Waals surface area (Å²) in [6, 6.07) is 18.6. The number of amides is 3. The number of nitro benzene ring substituents is 1. The predicted molar refractivity (Wildman–Crippen MR) is 112 cm³/mol. The van der Waals surface area contributed by atoms with Gasteiger partial charge in [-0.1, -0.05) is 35.9 Å². The predicted octanol–water partition coefficient (Wildman–Crippen LogP) is 5.14. The molecular weight excluding hydrogens is 396 g/mol. The number of benzene rings is 3. The fourth-order valence-corrected chi connectivity index (χ4v) is 2.69. The SMILES string of the molecule is O=C(Nc1ccccc1)Nc1cccc(NC(=O)c2cc([N+](=O)[O-])ccc2Cl)c1. The van der Waals surface area contributed by atoms with Crippen LogP contribution < -0.4 is 16.0 Å². The number of carbonyl (C=O) groups is 2. The third-order valence-electron chi connectivity index (χ3n) is 3.82. The molecule has 0 unspecified atom stereocenters. The van der Waals surface area contributed by atoms with Crippen molar-refractivity contribution in [2.45, 2.75) is 0 Å². The van der Waals surface area contributed by atoms with Crippen molar-refractivity contribution in [2.24, 2.45) is 0 Å². The topological polar surface area (TPSA) is 113 Å². The Bertz CT molecular complexity index is 1070. The standard InChI is InChI=1S/C20H15ClN4O4/c21-18-10-9-16(25(28)29)12-17(18)19(26)22-14-7-4-8-15(11-14)24-20(27)23-13-5-2-1-3-6-13/h1-12H,(H,22,26)(H2,23,24,27). The molecular formula is C20H15ClN4O4. The van der Waals surface area contributed by atoms with E-state index in [1.807, 2.05) is 6.07 Å². The van der Waals surface area contributed by atoms with E-state index < -0.39 is 16.9 Å². The average molecular weight is 411 g/mol. The van der Waals surface area contributed by atoms with Gasteiger partial charge in [0.2, 0.25) is 0 Å². The second-order valence-corrected chi connectivity index (χ2v) is 6.31. The molecule has 0 bridgehead atoms. The van der Waals surface area contributed by atoms with Gasteiger partial charge in [0.15, 0.2) is 0 Å². The first-order valence-corrected chi connectivity index (χ1v) is 8.78. The number of non-ortho nitro benzene ring substituents is 1. The Hall–Kier alpha value is -3.91. The van der Waals surface area contributed by atoms with E-state index in [0.717, 1.165) is 6.07 Å². The van der Waals surface area contributed by atoms with Crippen LogP contribution in [0, 0.1) is 10.1 Å². The number of halogens is 1. The molecule has 0 atom stereocenters. The van der Waals surface area contributed by atoms with E-state index in [0.29, 0.717) is 17.1 Å². The van der Waals surface area contributed by atoms with Crippen LogP contribution in [0.15, 0.2) is 72.8 Å². The smallest absolute Gasteiger partial charge is 0.322 e. The van der Waals surface area contributed by atoms with Gasteiger partial charge >= 0.3 is 6.03 Å². The van der Waals surface area contributed by atoms with Crippen LogP contribution in [-0.2, 0) is 0 Å². The van der Waals surface area contributed by atoms with E-state index in [4.69, 9.17) is 11.6 Å². The Morgan fingerprint density at radius 3 is 2.10 bits per heavy atom. The molecule has 3 N–H and O–H groups in total. The van der Waals surface area contributed by atoms with E-state index in [1.54, 1.807) is 48.5 Å². The number of anilines is 3. The minimum atomic E-state index is -0.608. The first-order chi connectivity index (χ1) is 13.9. The van der Waals surface area contributed by atoms with Gasteiger partial charge in [-0.15, -0.1) is 0 Å². The third kappa shape index (κ3) is 5.30. The van der Waals surface area contributed by atoms with Gasteiger partial charge in [0.05, 0.1) is 15.5 Å². The van der Waals surface area contributed by atoms with Crippen molar-refractivity contribution in [3.05, 3.63) is 93.5 Å². The zero-order valence-corrected chi connectivity index (χ0v) is 15.6. The van der Waals surface area contributed by atoms with Crippen molar-refractivity contribution in [3.63, 3.8) is 0 Å². The fraction of sp³-hybridized carbons (Fsp3) is 0. The van der Waals surface area contributed by atoms with Gasteiger partial charge in [0, 0.05) is 29.2 Å². The number of rotatable bonds is 5. The summed E-state index contributed by atoms with van der Waals surface area (Å²) in [6.07, 6.45) is 0. The Labute approximate surface area is 170 Å². The van der Waals surface area contributed by atoms with Gasteiger partial charge in [-0.05, 0) is 36.4 Å². The normalized spacial score (nSPS) is 10.1. The molecule has 3 rings (SSSR count). The zero-order valence-electron chi connectivity index (χ0n) is 14.9. The molecule has 146 valence electrons. The Kier molecular flexibility index (Phi) is 6.06. The maximum Gasteiger partial charge on any atom is 0.323 e. The molecule has 9 heteroatoms. The Balaban J connectivity index is 1.70. The Morgan fingerprint density at radius 2 is 1.41 bits per heavy atom. The van der Waals surface area contributed by atoms with Crippen molar-refractivity contribution in [1.82, 2.24) is 0 Å². The van der Waals surface area contributed by atoms with Gasteiger partial charge in [0.25, 0.3) is 11.6 Å². The second-order valence-electron chi connectivity index (χ2n) is 5.90. The molecule has 8 nitrogen and oxygen atoms in total. The number of hydrogen-bond donors (Lipinski definition) is 3. The van der Waals surface area contributed by atoms with Crippen LogP contribution in [0.3, 0.4) is 0 Å². The molecule has 3 aromatic rings. The van der Waals surface area contributed by atoms with Gasteiger partial charge in [-0.2, -0.15) is 0 Å². The lowest BCUT2D eigenvalue weighted by atomic mass is 10.1. The van der Waals surface area contributed by atoms with Crippen molar-refractivity contribution < 1.29 is 14.5 Å². The quantitative estimate of drug-likeness (QED) is 0.399. The number of hydrogen-bond acceptors (Lipinski definition) is 4. The molecule has 0 aliphatic carbocycles. The second kappa shape index (κ2) is 8.85. The Morgan fingerprint density at radius 1 is 0.793 bits per heavy atom. The van der Waals surface area contributed by atoms with Gasteiger partial charge in [-0.25, -0.2) is 4.79 Å². The average Bonchev–Trinajstić information content (AvgIpc) is 2.69. The summed E-state index contributed by atoms with van der Waals surface area (Å²) in [4.78, 5) is 34.9. The highest BCUT2D eigenvalue weighted by Gasteiger charge is 2.16. The van der Waals surface area contributed by atoms with Crippen LogP contribution in [0.25, 0.3) is 0 Å². The summed E-state index contributed by atoms with van der Waals surface area (Å²) >= 11 is 5.99. The van der Waals surface area contributed by atoms with Crippen molar-refractivity contribution in [2.75, 3.05) is 16.0 Å². The molecule has 0 aromatic heterocycles. The lowest BCUT2D eigenvalue weighted by molar-refractivity contribution is -0.384. The first kappa shape index (κ1) is 19.8. The minimum absolute atomic E-state index is 0.0268. The molecule has 0 radical (unpaired) electrons. The number of nitrogens with one attached hydrogen (secondary N) is 3. The van der Waals surface area contributed by atoms with Crippen molar-refractivity contribution in [1.29, 1.82) is 0 Å². The van der Waals surface area contributed by atoms with E-state index in [1.165, 1.54) is 12.1 Å². The summed E-state index contributed by atoms with van der Waals surface area (Å²) in [6.45, 7) is 0. The molecule has 29 heavy (non-hydrogen) atoms. The maximum atomic E-state index is 12.5. The van der Waals surface area contributed by atoms with Gasteiger partial charge < -0.3 is 16.0 Å². The first-order valence-electron chi connectivity index (χ1n) is 8.41. The number of carbonyl (C=O) groups excluding carboxylic acids is 2. The maximum absolute atomic E-state index is 12.5. The fourth-order valence-electron chi connectivity index (χ4n) is 2.49. The number of nitro groups is 1. The summed E-state index contributed by atoms with van der Waals surface area (Å²) in [7, 11) is 0. The summed E-state index contributed by atoms with van der Waals surface area (Å²) < 4.78 is 0. The molecule has 0 saturated carbocycles. The van der Waals surface area contributed by atoms with Crippen molar-refractivity contribution in [3.8, 4) is 0 Å². The van der Waals surface area contributed by atoms with Crippen LogP contribution in [0.5, 0.6) is 0 Å². The molecule has 0 saturated heterocycles. The highest BCUT2D eigenvalue weighted by atomic mass is 35.5. The number of nitrogens with zero attached hydrogens (tertiary/aromatic N) is 1. The summed E-state index contributed by atoms with van der Waals surface area (Å²) in [5.41, 5.74) is 1.19. The molecule has 0 aliphatic rings. The van der Waals surface area contributed by atoms with Crippen molar-refractivity contribution >= 4 is 46.3 Å². The minimum Gasteiger partial charge on any atom is -0.322 e. The van der Waals surface area contributed by atoms with E-state index in [-0.39, 0.29) is 16.3 Å². The highest BCUT2D eigenvalue weighted by Crippen LogP contribution is 2.24. The molecule has 0 heterocycles. The van der Waals surface area contributed by atoms with Crippen LogP contribution in [-0.4, -0.2) is 16.9 Å². The molecule has 0 fully saturated rings. The van der Waals surface area contributed by atoms with E-state index in [2.05, 4.69) is 16.0 Å². The monoisotopic (exact) mass is 410 g/mol. The van der Waals surface area contributed by atoms with E-state index >= 15 is 0 Å². The number of para-hydroxylation sites is 1. The van der Waals surface area contributed by atoms with Gasteiger partial charge in [0.1, 0.15) is 0 Å². The molecule has 0 spiro atoms. The number of urea groups is 1. The van der Waals surface area contributed by atoms with Crippen LogP contribution in [0.1, 0.15) is 10.4 Å². The molecule has 3 aromatic carbocycles. The van der Waals surface area contributed by atoms with Crippen LogP contribution >= 0.6 is 11.6 Å².